The standard InChI is InChI=1S/C16H16N4O/c1-12-15(10-13(18)11-19-12)16(21)20(9-5-8-17)14-6-3-2-4-7-14/h2-4,6-7,10-11H,5,9,18H2,1H3. The van der Waals surface area contributed by atoms with Crippen LogP contribution >= 0.6 is 0 Å². The van der Waals surface area contributed by atoms with Crippen molar-refractivity contribution in [3.05, 3.63) is 53.9 Å². The molecule has 2 rings (SSSR count). The third-order valence-corrected chi connectivity index (χ3v) is 3.10. The van der Waals surface area contributed by atoms with Crippen LogP contribution in [0.4, 0.5) is 11.4 Å². The summed E-state index contributed by atoms with van der Waals surface area (Å²) in [5.41, 5.74) is 7.98. The van der Waals surface area contributed by atoms with Crippen LogP contribution in [0.15, 0.2) is 42.6 Å². The Morgan fingerprint density at radius 2 is 2.10 bits per heavy atom. The fourth-order valence-electron chi connectivity index (χ4n) is 2.03. The van der Waals surface area contributed by atoms with E-state index in [-0.39, 0.29) is 12.3 Å². The molecule has 1 aromatic carbocycles. The molecule has 0 fully saturated rings. The first-order valence-electron chi connectivity index (χ1n) is 6.59. The SMILES string of the molecule is Cc1ncc(N)cc1C(=O)N(CCC#N)c1ccccc1. The molecule has 2 aromatic rings. The minimum atomic E-state index is -0.200. The summed E-state index contributed by atoms with van der Waals surface area (Å²) in [6, 6.07) is 12.9. The average molecular weight is 280 g/mol. The molecule has 0 radical (unpaired) electrons. The van der Waals surface area contributed by atoms with Crippen LogP contribution in [0.1, 0.15) is 22.5 Å². The molecule has 106 valence electrons. The second kappa shape index (κ2) is 6.53. The molecule has 1 heterocycles. The minimum absolute atomic E-state index is 0.200. The highest BCUT2D eigenvalue weighted by Gasteiger charge is 2.19. The number of aromatic nitrogens is 1. The number of hydrogen-bond donors (Lipinski definition) is 1. The lowest BCUT2D eigenvalue weighted by molar-refractivity contribution is 0.0986. The van der Waals surface area contributed by atoms with E-state index in [1.54, 1.807) is 17.9 Å². The molecule has 1 amide bonds. The number of nitrogen functional groups attached to an aromatic ring is 1. The van der Waals surface area contributed by atoms with Crippen molar-refractivity contribution in [3.63, 3.8) is 0 Å². The normalized spacial score (nSPS) is 9.90. The number of benzene rings is 1. The summed E-state index contributed by atoms with van der Waals surface area (Å²) in [7, 11) is 0. The molecule has 1 aromatic heterocycles. The van der Waals surface area contributed by atoms with Crippen molar-refractivity contribution in [2.75, 3.05) is 17.2 Å². The number of rotatable bonds is 4. The number of nitrogens with zero attached hydrogens (tertiary/aromatic N) is 3. The third kappa shape index (κ3) is 3.37. The third-order valence-electron chi connectivity index (χ3n) is 3.10. The molecule has 0 saturated heterocycles. The molecule has 21 heavy (non-hydrogen) atoms. The number of anilines is 2. The molecule has 5 heteroatoms. The van der Waals surface area contributed by atoms with Gasteiger partial charge in [0.05, 0.1) is 35.6 Å². The Labute approximate surface area is 123 Å². The Morgan fingerprint density at radius 3 is 2.76 bits per heavy atom. The Kier molecular flexibility index (Phi) is 4.52. The molecule has 0 aliphatic carbocycles. The van der Waals surface area contributed by atoms with Gasteiger partial charge in [-0.2, -0.15) is 5.26 Å². The number of carbonyl (C=O) groups excluding carboxylic acids is 1. The lowest BCUT2D eigenvalue weighted by Crippen LogP contribution is -2.32. The van der Waals surface area contributed by atoms with Crippen LogP contribution in [0.5, 0.6) is 0 Å². The van der Waals surface area contributed by atoms with Crippen molar-refractivity contribution in [1.29, 1.82) is 5.26 Å². The van der Waals surface area contributed by atoms with Crippen LogP contribution in [0, 0.1) is 18.3 Å². The smallest absolute Gasteiger partial charge is 0.260 e. The fraction of sp³-hybridized carbons (Fsp3) is 0.188. The quantitative estimate of drug-likeness (QED) is 0.932. The Morgan fingerprint density at radius 1 is 1.38 bits per heavy atom. The van der Waals surface area contributed by atoms with Crippen LogP contribution < -0.4 is 10.6 Å². The predicted octanol–water partition coefficient (Wildman–Crippen LogP) is 2.53. The van der Waals surface area contributed by atoms with Gasteiger partial charge in [-0.25, -0.2) is 0 Å². The second-order valence-corrected chi connectivity index (χ2v) is 4.60. The average Bonchev–Trinajstić information content (AvgIpc) is 2.51. The Hall–Kier alpha value is -2.87. The van der Waals surface area contributed by atoms with Gasteiger partial charge in [0.1, 0.15) is 0 Å². The Bertz CT molecular complexity index is 676. The molecule has 0 spiro atoms. The zero-order valence-corrected chi connectivity index (χ0v) is 11.8. The lowest BCUT2D eigenvalue weighted by Gasteiger charge is -2.22. The number of pyridine rings is 1. The topological polar surface area (TPSA) is 83.0 Å². The summed E-state index contributed by atoms with van der Waals surface area (Å²) in [6.45, 7) is 2.09. The summed E-state index contributed by atoms with van der Waals surface area (Å²) >= 11 is 0. The molecule has 0 bridgehead atoms. The van der Waals surface area contributed by atoms with E-state index in [0.29, 0.717) is 23.5 Å². The molecule has 0 aliphatic rings. The van der Waals surface area contributed by atoms with Gasteiger partial charge in [0.15, 0.2) is 0 Å². The number of carbonyl (C=O) groups is 1. The maximum absolute atomic E-state index is 12.7. The van der Waals surface area contributed by atoms with Crippen LogP contribution in [-0.4, -0.2) is 17.4 Å². The van der Waals surface area contributed by atoms with E-state index >= 15 is 0 Å². The van der Waals surface area contributed by atoms with Gasteiger partial charge in [0.25, 0.3) is 5.91 Å². The van der Waals surface area contributed by atoms with Crippen LogP contribution in [0.2, 0.25) is 0 Å². The highest BCUT2D eigenvalue weighted by molar-refractivity contribution is 6.07. The number of hydrogen-bond acceptors (Lipinski definition) is 4. The van der Waals surface area contributed by atoms with E-state index in [1.807, 2.05) is 30.3 Å². The first-order chi connectivity index (χ1) is 10.1. The maximum atomic E-state index is 12.7. The summed E-state index contributed by atoms with van der Waals surface area (Å²) in [6.07, 6.45) is 1.78. The number of nitrogens with two attached hydrogens (primary N) is 1. The van der Waals surface area contributed by atoms with Crippen LogP contribution in [0.25, 0.3) is 0 Å². The molecule has 2 N–H and O–H groups in total. The lowest BCUT2D eigenvalue weighted by atomic mass is 10.1. The number of aryl methyl sites for hydroxylation is 1. The van der Waals surface area contributed by atoms with Crippen molar-refractivity contribution in [3.8, 4) is 6.07 Å². The van der Waals surface area contributed by atoms with Gasteiger partial charge in [-0.3, -0.25) is 9.78 Å². The van der Waals surface area contributed by atoms with E-state index in [0.717, 1.165) is 5.69 Å². The minimum Gasteiger partial charge on any atom is -0.397 e. The zero-order valence-electron chi connectivity index (χ0n) is 11.8. The van der Waals surface area contributed by atoms with Gasteiger partial charge in [-0.05, 0) is 25.1 Å². The second-order valence-electron chi connectivity index (χ2n) is 4.60. The number of nitriles is 1. The summed E-state index contributed by atoms with van der Waals surface area (Å²) in [5.74, 6) is -0.200. The first-order valence-corrected chi connectivity index (χ1v) is 6.59. The van der Waals surface area contributed by atoms with Gasteiger partial charge >= 0.3 is 0 Å². The molecule has 0 aliphatic heterocycles. The van der Waals surface area contributed by atoms with Crippen LogP contribution in [-0.2, 0) is 0 Å². The molecule has 0 atom stereocenters. The molecular formula is C16H16N4O. The van der Waals surface area contributed by atoms with Gasteiger partial charge < -0.3 is 10.6 Å². The summed E-state index contributed by atoms with van der Waals surface area (Å²) in [5, 5.41) is 8.79. The highest BCUT2D eigenvalue weighted by Crippen LogP contribution is 2.19. The number of para-hydroxylation sites is 1. The monoisotopic (exact) mass is 280 g/mol. The van der Waals surface area contributed by atoms with Gasteiger partial charge in [-0.1, -0.05) is 18.2 Å². The number of amides is 1. The van der Waals surface area contributed by atoms with E-state index in [4.69, 9.17) is 11.0 Å². The summed E-state index contributed by atoms with van der Waals surface area (Å²) < 4.78 is 0. The van der Waals surface area contributed by atoms with E-state index < -0.39 is 0 Å². The predicted molar refractivity (Wildman–Crippen MR) is 81.7 cm³/mol. The molecular weight excluding hydrogens is 264 g/mol. The fourth-order valence-corrected chi connectivity index (χ4v) is 2.03. The van der Waals surface area contributed by atoms with Crippen LogP contribution in [0.3, 0.4) is 0 Å². The van der Waals surface area contributed by atoms with Crippen molar-refractivity contribution in [2.45, 2.75) is 13.3 Å². The highest BCUT2D eigenvalue weighted by atomic mass is 16.2. The van der Waals surface area contributed by atoms with Gasteiger partial charge in [0, 0.05) is 12.2 Å². The van der Waals surface area contributed by atoms with Crippen molar-refractivity contribution in [1.82, 2.24) is 4.98 Å². The van der Waals surface area contributed by atoms with Crippen molar-refractivity contribution in [2.24, 2.45) is 0 Å². The van der Waals surface area contributed by atoms with E-state index in [9.17, 15) is 4.79 Å². The zero-order chi connectivity index (χ0) is 15.2. The van der Waals surface area contributed by atoms with Crippen molar-refractivity contribution >= 4 is 17.3 Å². The largest absolute Gasteiger partial charge is 0.397 e. The van der Waals surface area contributed by atoms with E-state index in [1.165, 1.54) is 6.20 Å². The molecule has 0 saturated carbocycles. The molecule has 5 nitrogen and oxygen atoms in total. The summed E-state index contributed by atoms with van der Waals surface area (Å²) in [4.78, 5) is 18.4. The van der Waals surface area contributed by atoms with Crippen molar-refractivity contribution < 1.29 is 4.79 Å². The first kappa shape index (κ1) is 14.5. The van der Waals surface area contributed by atoms with Gasteiger partial charge in [0.2, 0.25) is 0 Å². The Balaban J connectivity index is 2.39. The van der Waals surface area contributed by atoms with E-state index in [2.05, 4.69) is 11.1 Å². The molecule has 0 unspecified atom stereocenters. The van der Waals surface area contributed by atoms with Gasteiger partial charge in [-0.15, -0.1) is 0 Å². The maximum Gasteiger partial charge on any atom is 0.260 e.